The Morgan fingerprint density at radius 1 is 1.22 bits per heavy atom. The van der Waals surface area contributed by atoms with Crippen molar-refractivity contribution in [2.24, 2.45) is 5.41 Å². The van der Waals surface area contributed by atoms with Crippen LogP contribution in [0.15, 0.2) is 24.3 Å². The zero-order chi connectivity index (χ0) is 14.0. The lowest BCUT2D eigenvalue weighted by atomic mass is 9.83. The minimum Gasteiger partial charge on any atom is -0.488 e. The Kier molecular flexibility index (Phi) is 4.05. The predicted octanol–water partition coefficient (Wildman–Crippen LogP) is 3.98. The molecule has 0 aliphatic rings. The number of ether oxygens (including phenoxy) is 1. The lowest BCUT2D eigenvalue weighted by Crippen LogP contribution is -2.33. The van der Waals surface area contributed by atoms with Gasteiger partial charge in [-0.3, -0.25) is 0 Å². The number of aromatic carboxylic acids is 1. The van der Waals surface area contributed by atoms with Crippen molar-refractivity contribution in [3.05, 3.63) is 29.8 Å². The van der Waals surface area contributed by atoms with Crippen LogP contribution in [0.3, 0.4) is 0 Å². The van der Waals surface area contributed by atoms with Crippen LogP contribution in [-0.2, 0) is 0 Å². The molecular weight excluding hydrogens is 228 g/mol. The number of rotatable bonds is 4. The summed E-state index contributed by atoms with van der Waals surface area (Å²) in [6.45, 7) is 10.5. The topological polar surface area (TPSA) is 46.5 Å². The van der Waals surface area contributed by atoms with Crippen LogP contribution < -0.4 is 4.74 Å². The second-order valence-corrected chi connectivity index (χ2v) is 6.43. The molecule has 3 nitrogen and oxygen atoms in total. The van der Waals surface area contributed by atoms with Crippen LogP contribution in [0.25, 0.3) is 0 Å². The van der Waals surface area contributed by atoms with Crippen molar-refractivity contribution in [1.82, 2.24) is 0 Å². The highest BCUT2D eigenvalue weighted by Crippen LogP contribution is 2.31. The maximum Gasteiger partial charge on any atom is 0.335 e. The summed E-state index contributed by atoms with van der Waals surface area (Å²) in [4.78, 5) is 10.9. The standard InChI is InChI=1S/C15H22O3/c1-14(2,3)10-15(4,5)18-12-8-6-7-11(9-12)13(16)17/h6-9H,10H2,1-5H3,(H,16,17). The van der Waals surface area contributed by atoms with Crippen molar-refractivity contribution in [3.8, 4) is 5.75 Å². The number of carbonyl (C=O) groups is 1. The van der Waals surface area contributed by atoms with Crippen molar-refractivity contribution in [2.45, 2.75) is 46.6 Å². The summed E-state index contributed by atoms with van der Waals surface area (Å²) in [6.07, 6.45) is 0.886. The molecule has 0 unspecified atom stereocenters. The number of carboxylic acid groups (broad SMARTS) is 1. The van der Waals surface area contributed by atoms with Gasteiger partial charge in [0, 0.05) is 0 Å². The van der Waals surface area contributed by atoms with Gasteiger partial charge in [-0.1, -0.05) is 26.8 Å². The molecule has 100 valence electrons. The Labute approximate surface area is 109 Å². The van der Waals surface area contributed by atoms with Gasteiger partial charge in [-0.05, 0) is 43.9 Å². The highest BCUT2D eigenvalue weighted by molar-refractivity contribution is 5.87. The first kappa shape index (κ1) is 14.6. The van der Waals surface area contributed by atoms with Crippen molar-refractivity contribution < 1.29 is 14.6 Å². The van der Waals surface area contributed by atoms with Gasteiger partial charge in [0.1, 0.15) is 11.4 Å². The van der Waals surface area contributed by atoms with Gasteiger partial charge in [-0.15, -0.1) is 0 Å². The Hall–Kier alpha value is -1.51. The maximum absolute atomic E-state index is 10.9. The Morgan fingerprint density at radius 2 is 1.83 bits per heavy atom. The van der Waals surface area contributed by atoms with E-state index in [1.165, 1.54) is 0 Å². The third-order valence-corrected chi connectivity index (χ3v) is 2.43. The Balaban J connectivity index is 2.84. The van der Waals surface area contributed by atoms with Crippen LogP contribution in [0, 0.1) is 5.41 Å². The van der Waals surface area contributed by atoms with E-state index < -0.39 is 5.97 Å². The molecule has 0 spiro atoms. The van der Waals surface area contributed by atoms with Crippen molar-refractivity contribution in [2.75, 3.05) is 0 Å². The first-order valence-electron chi connectivity index (χ1n) is 6.11. The molecule has 0 aromatic heterocycles. The summed E-state index contributed by atoms with van der Waals surface area (Å²) in [6, 6.07) is 6.61. The Morgan fingerprint density at radius 3 is 2.33 bits per heavy atom. The first-order chi connectivity index (χ1) is 8.09. The van der Waals surface area contributed by atoms with Crippen LogP contribution in [0.5, 0.6) is 5.75 Å². The van der Waals surface area contributed by atoms with Gasteiger partial charge < -0.3 is 9.84 Å². The second kappa shape index (κ2) is 5.01. The fourth-order valence-corrected chi connectivity index (χ4v) is 2.32. The molecule has 1 aromatic carbocycles. The molecule has 0 fully saturated rings. The van der Waals surface area contributed by atoms with Crippen molar-refractivity contribution >= 4 is 5.97 Å². The first-order valence-corrected chi connectivity index (χ1v) is 6.11. The van der Waals surface area contributed by atoms with Crippen molar-refractivity contribution in [3.63, 3.8) is 0 Å². The molecule has 3 heteroatoms. The minimum atomic E-state index is -0.936. The van der Waals surface area contributed by atoms with Gasteiger partial charge in [0.25, 0.3) is 0 Å². The van der Waals surface area contributed by atoms with E-state index in [2.05, 4.69) is 20.8 Å². The fourth-order valence-electron chi connectivity index (χ4n) is 2.32. The maximum atomic E-state index is 10.9. The molecule has 0 amide bonds. The second-order valence-electron chi connectivity index (χ2n) is 6.43. The third kappa shape index (κ3) is 4.78. The fraction of sp³-hybridized carbons (Fsp3) is 0.533. The normalized spacial score (nSPS) is 12.3. The van der Waals surface area contributed by atoms with E-state index in [0.29, 0.717) is 5.75 Å². The molecular formula is C15H22O3. The van der Waals surface area contributed by atoms with Gasteiger partial charge in [-0.2, -0.15) is 0 Å². The number of hydrogen-bond donors (Lipinski definition) is 1. The summed E-state index contributed by atoms with van der Waals surface area (Å²) < 4.78 is 5.91. The van der Waals surface area contributed by atoms with E-state index >= 15 is 0 Å². The summed E-state index contributed by atoms with van der Waals surface area (Å²) >= 11 is 0. The summed E-state index contributed by atoms with van der Waals surface area (Å²) in [5.41, 5.74) is 0.0857. The van der Waals surface area contributed by atoms with E-state index in [-0.39, 0.29) is 16.6 Å². The van der Waals surface area contributed by atoms with Gasteiger partial charge in [0.2, 0.25) is 0 Å². The van der Waals surface area contributed by atoms with Crippen molar-refractivity contribution in [1.29, 1.82) is 0 Å². The largest absolute Gasteiger partial charge is 0.488 e. The summed E-state index contributed by atoms with van der Waals surface area (Å²) in [5, 5.41) is 8.94. The summed E-state index contributed by atoms with van der Waals surface area (Å²) in [5.74, 6) is -0.335. The molecule has 1 aromatic rings. The van der Waals surface area contributed by atoms with Gasteiger partial charge in [0.15, 0.2) is 0 Å². The van der Waals surface area contributed by atoms with Crippen LogP contribution in [0.1, 0.15) is 51.4 Å². The van der Waals surface area contributed by atoms with Gasteiger partial charge in [0.05, 0.1) is 5.56 Å². The molecule has 0 aliphatic heterocycles. The molecule has 0 saturated heterocycles. The van der Waals surface area contributed by atoms with Gasteiger partial charge in [-0.25, -0.2) is 4.79 Å². The predicted molar refractivity (Wildman–Crippen MR) is 72.2 cm³/mol. The van der Waals surface area contributed by atoms with Crippen LogP contribution in [0.2, 0.25) is 0 Å². The molecule has 0 radical (unpaired) electrons. The summed E-state index contributed by atoms with van der Waals surface area (Å²) in [7, 11) is 0. The monoisotopic (exact) mass is 250 g/mol. The van der Waals surface area contributed by atoms with Crippen LogP contribution in [-0.4, -0.2) is 16.7 Å². The van der Waals surface area contributed by atoms with E-state index in [1.54, 1.807) is 24.3 Å². The molecule has 1 rings (SSSR count). The molecule has 0 atom stereocenters. The van der Waals surface area contributed by atoms with E-state index in [0.717, 1.165) is 6.42 Å². The number of benzene rings is 1. The average Bonchev–Trinajstić information content (AvgIpc) is 2.12. The molecule has 0 bridgehead atoms. The average molecular weight is 250 g/mol. The van der Waals surface area contributed by atoms with E-state index in [1.807, 2.05) is 13.8 Å². The molecule has 0 aliphatic carbocycles. The quantitative estimate of drug-likeness (QED) is 0.879. The minimum absolute atomic E-state index is 0.161. The lowest BCUT2D eigenvalue weighted by Gasteiger charge is -2.33. The lowest BCUT2D eigenvalue weighted by molar-refractivity contribution is 0.0608. The molecule has 18 heavy (non-hydrogen) atoms. The number of carboxylic acids is 1. The highest BCUT2D eigenvalue weighted by Gasteiger charge is 2.27. The molecule has 0 heterocycles. The highest BCUT2D eigenvalue weighted by atomic mass is 16.5. The Bertz CT molecular complexity index is 428. The molecule has 0 saturated carbocycles. The number of hydrogen-bond acceptors (Lipinski definition) is 2. The van der Waals surface area contributed by atoms with E-state index in [9.17, 15) is 4.79 Å². The van der Waals surface area contributed by atoms with Crippen LogP contribution in [0.4, 0.5) is 0 Å². The van der Waals surface area contributed by atoms with Gasteiger partial charge >= 0.3 is 5.97 Å². The zero-order valence-electron chi connectivity index (χ0n) is 11.8. The SMILES string of the molecule is CC(C)(C)CC(C)(C)Oc1cccc(C(=O)O)c1. The third-order valence-electron chi connectivity index (χ3n) is 2.43. The smallest absolute Gasteiger partial charge is 0.335 e. The zero-order valence-corrected chi connectivity index (χ0v) is 11.8. The molecule has 1 N–H and O–H groups in total. The van der Waals surface area contributed by atoms with Crippen LogP contribution >= 0.6 is 0 Å². The van der Waals surface area contributed by atoms with E-state index in [4.69, 9.17) is 9.84 Å².